The Kier molecular flexibility index (Phi) is 7.80. The molecule has 0 radical (unpaired) electrons. The molecule has 2 aromatic rings. The van der Waals surface area contributed by atoms with Crippen LogP contribution in [0.4, 0.5) is 5.82 Å². The van der Waals surface area contributed by atoms with Gasteiger partial charge in [0.2, 0.25) is 0 Å². The van der Waals surface area contributed by atoms with E-state index in [1.165, 1.54) is 0 Å². The smallest absolute Gasteiger partial charge is 0.256 e. The van der Waals surface area contributed by atoms with Gasteiger partial charge in [-0.3, -0.25) is 4.79 Å². The lowest BCUT2D eigenvalue weighted by Crippen LogP contribution is -2.57. The molecule has 180 valence electrons. The minimum absolute atomic E-state index is 0.00548. The number of nitrogens with two attached hydrogens (primary N) is 1. The van der Waals surface area contributed by atoms with Gasteiger partial charge in [-0.1, -0.05) is 18.6 Å². The molecule has 4 N–H and O–H groups in total. The Balaban J connectivity index is 1.60. The van der Waals surface area contributed by atoms with Gasteiger partial charge in [-0.15, -0.1) is 0 Å². The van der Waals surface area contributed by atoms with Gasteiger partial charge < -0.3 is 30.7 Å². The van der Waals surface area contributed by atoms with Crippen molar-refractivity contribution in [3.8, 4) is 0 Å². The number of aromatic nitrogens is 1. The van der Waals surface area contributed by atoms with Crippen molar-refractivity contribution in [2.24, 2.45) is 5.73 Å². The van der Waals surface area contributed by atoms with Crippen LogP contribution in [0.15, 0.2) is 24.3 Å². The van der Waals surface area contributed by atoms with Crippen molar-refractivity contribution in [3.05, 3.63) is 35.4 Å². The van der Waals surface area contributed by atoms with Crippen molar-refractivity contribution in [2.45, 2.75) is 63.9 Å². The molecule has 8 heteroatoms. The van der Waals surface area contributed by atoms with Gasteiger partial charge >= 0.3 is 0 Å². The van der Waals surface area contributed by atoms with E-state index in [9.17, 15) is 4.79 Å². The minimum atomic E-state index is -0.389. The molecule has 2 aliphatic rings. The Bertz CT molecular complexity index is 962. The molecule has 0 aliphatic carbocycles. The number of nitrogens with one attached hydrogen (secondary N) is 2. The fraction of sp³-hybridized carbons (Fsp3) is 0.600. The molecule has 1 aromatic heterocycles. The third-order valence-electron chi connectivity index (χ3n) is 6.78. The molecule has 33 heavy (non-hydrogen) atoms. The lowest BCUT2D eigenvalue weighted by Gasteiger charge is -2.41. The molecule has 0 saturated carbocycles. The maximum absolute atomic E-state index is 13.2. The summed E-state index contributed by atoms with van der Waals surface area (Å²) >= 11 is 0. The molecule has 3 atom stereocenters. The highest BCUT2D eigenvalue weighted by molar-refractivity contribution is 6.02. The van der Waals surface area contributed by atoms with Crippen LogP contribution in [0.25, 0.3) is 10.9 Å². The molecular formula is C25H37N5O3. The number of hydrogen-bond acceptors (Lipinski definition) is 7. The fourth-order valence-electron chi connectivity index (χ4n) is 4.75. The van der Waals surface area contributed by atoms with Gasteiger partial charge in [-0.2, -0.15) is 0 Å². The third kappa shape index (κ3) is 5.63. The first kappa shape index (κ1) is 23.9. The number of rotatable bonds is 7. The molecular weight excluding hydrogens is 418 g/mol. The van der Waals surface area contributed by atoms with Gasteiger partial charge in [0.05, 0.1) is 23.3 Å². The van der Waals surface area contributed by atoms with Crippen molar-refractivity contribution >= 4 is 22.6 Å². The predicted molar refractivity (Wildman–Crippen MR) is 131 cm³/mol. The van der Waals surface area contributed by atoms with Crippen LogP contribution < -0.4 is 21.3 Å². The van der Waals surface area contributed by atoms with E-state index in [-0.39, 0.29) is 24.2 Å². The SMILES string of the molecule is CCC(N)NC(=O)c1cc2cc(C)ccc2nc1N1CCC(NC2CCOCC2)C(OC)C1. The number of aryl methyl sites for hydroxylation is 1. The summed E-state index contributed by atoms with van der Waals surface area (Å²) in [6, 6.07) is 8.80. The Hall–Kier alpha value is -2.26. The average Bonchev–Trinajstić information content (AvgIpc) is 2.84. The highest BCUT2D eigenvalue weighted by Crippen LogP contribution is 2.28. The summed E-state index contributed by atoms with van der Waals surface area (Å²) in [4.78, 5) is 20.3. The van der Waals surface area contributed by atoms with E-state index in [4.69, 9.17) is 20.2 Å². The van der Waals surface area contributed by atoms with Crippen LogP contribution in [-0.2, 0) is 9.47 Å². The summed E-state index contributed by atoms with van der Waals surface area (Å²) in [5.41, 5.74) is 8.59. The zero-order valence-electron chi connectivity index (χ0n) is 20.0. The Morgan fingerprint density at radius 3 is 2.82 bits per heavy atom. The standard InChI is InChI=1S/C25H37N5O3/c1-4-23(26)29-25(31)19-14-17-13-16(2)5-6-20(17)28-24(19)30-10-7-21(22(15-30)32-3)27-18-8-11-33-12-9-18/h5-6,13-14,18,21-23,27H,4,7-12,15,26H2,1-3H3,(H,29,31). The molecule has 2 aliphatic heterocycles. The molecule has 3 unspecified atom stereocenters. The van der Waals surface area contributed by atoms with Crippen molar-refractivity contribution in [1.29, 1.82) is 0 Å². The highest BCUT2D eigenvalue weighted by atomic mass is 16.5. The number of carbonyl (C=O) groups excluding carboxylic acids is 1. The van der Waals surface area contributed by atoms with Crippen LogP contribution in [-0.4, -0.2) is 68.7 Å². The number of carbonyl (C=O) groups is 1. The lowest BCUT2D eigenvalue weighted by molar-refractivity contribution is 0.0359. The van der Waals surface area contributed by atoms with E-state index in [0.717, 1.165) is 55.5 Å². The van der Waals surface area contributed by atoms with E-state index in [1.54, 1.807) is 7.11 Å². The van der Waals surface area contributed by atoms with Crippen molar-refractivity contribution in [2.75, 3.05) is 38.3 Å². The largest absolute Gasteiger partial charge is 0.381 e. The predicted octanol–water partition coefficient (Wildman–Crippen LogP) is 2.33. The van der Waals surface area contributed by atoms with Crippen LogP contribution in [0.3, 0.4) is 0 Å². The zero-order chi connectivity index (χ0) is 23.4. The number of anilines is 1. The molecule has 2 fully saturated rings. The highest BCUT2D eigenvalue weighted by Gasteiger charge is 2.33. The van der Waals surface area contributed by atoms with E-state index in [1.807, 2.05) is 32.0 Å². The van der Waals surface area contributed by atoms with Gasteiger partial charge in [0, 0.05) is 50.9 Å². The van der Waals surface area contributed by atoms with E-state index >= 15 is 0 Å². The minimum Gasteiger partial charge on any atom is -0.381 e. The second-order valence-electron chi connectivity index (χ2n) is 9.21. The van der Waals surface area contributed by atoms with E-state index in [2.05, 4.69) is 21.6 Å². The van der Waals surface area contributed by atoms with Crippen LogP contribution in [0.2, 0.25) is 0 Å². The number of nitrogens with zero attached hydrogens (tertiary/aromatic N) is 2. The molecule has 1 aromatic carbocycles. The number of methoxy groups -OCH3 is 1. The van der Waals surface area contributed by atoms with E-state index in [0.29, 0.717) is 30.4 Å². The first-order valence-corrected chi connectivity index (χ1v) is 12.1. The third-order valence-corrected chi connectivity index (χ3v) is 6.78. The van der Waals surface area contributed by atoms with Crippen molar-refractivity contribution in [3.63, 3.8) is 0 Å². The summed E-state index contributed by atoms with van der Waals surface area (Å²) < 4.78 is 11.4. The van der Waals surface area contributed by atoms with Gasteiger partial charge in [-0.05, 0) is 50.8 Å². The molecule has 0 bridgehead atoms. The number of benzene rings is 1. The molecule has 4 rings (SSSR count). The van der Waals surface area contributed by atoms with Crippen LogP contribution in [0.1, 0.15) is 48.5 Å². The van der Waals surface area contributed by atoms with Gasteiger partial charge in [-0.25, -0.2) is 4.98 Å². The molecule has 1 amide bonds. The Morgan fingerprint density at radius 2 is 2.09 bits per heavy atom. The number of fused-ring (bicyclic) bond motifs is 1. The zero-order valence-corrected chi connectivity index (χ0v) is 20.0. The lowest BCUT2D eigenvalue weighted by atomic mass is 9.98. The summed E-state index contributed by atoms with van der Waals surface area (Å²) in [5, 5.41) is 7.65. The number of piperidine rings is 1. The topological polar surface area (TPSA) is 102 Å². The van der Waals surface area contributed by atoms with Crippen molar-refractivity contribution < 1.29 is 14.3 Å². The second kappa shape index (κ2) is 10.8. The fourth-order valence-corrected chi connectivity index (χ4v) is 4.75. The van der Waals surface area contributed by atoms with Gasteiger partial charge in [0.15, 0.2) is 0 Å². The normalized spacial score (nSPS) is 23.0. The monoisotopic (exact) mass is 455 g/mol. The van der Waals surface area contributed by atoms with E-state index < -0.39 is 0 Å². The molecule has 2 saturated heterocycles. The summed E-state index contributed by atoms with van der Waals surface area (Å²) in [6.45, 7) is 7.08. The average molecular weight is 456 g/mol. The van der Waals surface area contributed by atoms with Crippen molar-refractivity contribution in [1.82, 2.24) is 15.6 Å². The molecule has 0 spiro atoms. The second-order valence-corrected chi connectivity index (χ2v) is 9.21. The number of ether oxygens (including phenoxy) is 2. The Morgan fingerprint density at radius 1 is 1.30 bits per heavy atom. The summed E-state index contributed by atoms with van der Waals surface area (Å²) in [6.07, 6.45) is 3.26. The first-order valence-electron chi connectivity index (χ1n) is 12.1. The maximum Gasteiger partial charge on any atom is 0.256 e. The van der Waals surface area contributed by atoms with Crippen LogP contribution >= 0.6 is 0 Å². The van der Waals surface area contributed by atoms with Gasteiger partial charge in [0.25, 0.3) is 5.91 Å². The molecule has 8 nitrogen and oxygen atoms in total. The first-order chi connectivity index (χ1) is 16.0. The number of amides is 1. The van der Waals surface area contributed by atoms with Crippen LogP contribution in [0.5, 0.6) is 0 Å². The van der Waals surface area contributed by atoms with Crippen LogP contribution in [0, 0.1) is 6.92 Å². The Labute approximate surface area is 196 Å². The molecule has 3 heterocycles. The summed E-state index contributed by atoms with van der Waals surface area (Å²) in [7, 11) is 1.76. The summed E-state index contributed by atoms with van der Waals surface area (Å²) in [5.74, 6) is 0.505. The van der Waals surface area contributed by atoms with Gasteiger partial charge in [0.1, 0.15) is 5.82 Å². The quantitative estimate of drug-likeness (QED) is 0.551. The number of hydrogen-bond donors (Lipinski definition) is 3. The number of pyridine rings is 1. The maximum atomic E-state index is 13.2.